The Balaban J connectivity index is 1.70. The highest BCUT2D eigenvalue weighted by Gasteiger charge is 2.46. The van der Waals surface area contributed by atoms with E-state index in [0.717, 1.165) is 18.7 Å². The molecule has 1 saturated heterocycles. The van der Waals surface area contributed by atoms with E-state index in [4.69, 9.17) is 0 Å². The van der Waals surface area contributed by atoms with E-state index in [-0.39, 0.29) is 18.5 Å². The summed E-state index contributed by atoms with van der Waals surface area (Å²) in [6.07, 6.45) is 5.64. The Bertz CT molecular complexity index is 662. The number of rotatable bonds is 5. The van der Waals surface area contributed by atoms with Gasteiger partial charge in [-0.15, -0.1) is 0 Å². The van der Waals surface area contributed by atoms with E-state index in [2.05, 4.69) is 15.6 Å². The molecule has 0 bridgehead atoms. The first-order valence-electron chi connectivity index (χ1n) is 7.70. The molecule has 1 saturated carbocycles. The monoisotopic (exact) mass is 319 g/mol. The standard InChI is InChI=1S/C15H21N5O3/c1-15(2)13(22)18-14(23)20(15)8-10(21)17-11(9-4-5-9)12-16-6-7-19(12)3/h6-7,9,11H,4-5,8H2,1-3H3,(H,17,21)(H,18,22,23)/t11-/m0/s1. The SMILES string of the molecule is Cn1ccnc1[C@@H](NC(=O)CN1C(=O)NC(=O)C1(C)C)C1CC1. The predicted molar refractivity (Wildman–Crippen MR) is 81.1 cm³/mol. The summed E-state index contributed by atoms with van der Waals surface area (Å²) in [5, 5.41) is 5.21. The van der Waals surface area contributed by atoms with Crippen molar-refractivity contribution in [3.8, 4) is 0 Å². The smallest absolute Gasteiger partial charge is 0.325 e. The maximum atomic E-state index is 12.4. The van der Waals surface area contributed by atoms with E-state index in [9.17, 15) is 14.4 Å². The van der Waals surface area contributed by atoms with Crippen LogP contribution in [0.2, 0.25) is 0 Å². The molecule has 1 aromatic rings. The van der Waals surface area contributed by atoms with Gasteiger partial charge in [-0.3, -0.25) is 14.9 Å². The predicted octanol–water partition coefficient (Wildman–Crippen LogP) is 0.318. The van der Waals surface area contributed by atoms with Crippen LogP contribution < -0.4 is 10.6 Å². The minimum Gasteiger partial charge on any atom is -0.344 e. The molecule has 2 fully saturated rings. The summed E-state index contributed by atoms with van der Waals surface area (Å²) in [7, 11) is 1.89. The normalized spacial score (nSPS) is 21.3. The molecule has 2 N–H and O–H groups in total. The Hall–Kier alpha value is -2.38. The summed E-state index contributed by atoms with van der Waals surface area (Å²) in [4.78, 5) is 41.6. The molecular weight excluding hydrogens is 298 g/mol. The molecule has 23 heavy (non-hydrogen) atoms. The highest BCUT2D eigenvalue weighted by atomic mass is 16.2. The van der Waals surface area contributed by atoms with Gasteiger partial charge in [0.2, 0.25) is 5.91 Å². The van der Waals surface area contributed by atoms with Gasteiger partial charge in [-0.25, -0.2) is 9.78 Å². The second-order valence-electron chi connectivity index (χ2n) is 6.68. The van der Waals surface area contributed by atoms with Gasteiger partial charge >= 0.3 is 6.03 Å². The van der Waals surface area contributed by atoms with Gasteiger partial charge in [0, 0.05) is 19.4 Å². The number of carbonyl (C=O) groups excluding carboxylic acids is 3. The highest BCUT2D eigenvalue weighted by molar-refractivity contribution is 6.07. The number of hydrogen-bond acceptors (Lipinski definition) is 4. The minimum absolute atomic E-state index is 0.155. The summed E-state index contributed by atoms with van der Waals surface area (Å²) in [6, 6.07) is -0.693. The average Bonchev–Trinajstić information content (AvgIpc) is 3.19. The van der Waals surface area contributed by atoms with Crippen LogP contribution in [0.1, 0.15) is 38.6 Å². The second-order valence-corrected chi connectivity index (χ2v) is 6.68. The lowest BCUT2D eigenvalue weighted by Gasteiger charge is -2.28. The van der Waals surface area contributed by atoms with Gasteiger partial charge in [-0.1, -0.05) is 0 Å². The molecule has 1 atom stereocenters. The van der Waals surface area contributed by atoms with Crippen molar-refractivity contribution in [2.24, 2.45) is 13.0 Å². The van der Waals surface area contributed by atoms with Gasteiger partial charge < -0.3 is 14.8 Å². The van der Waals surface area contributed by atoms with Crippen molar-refractivity contribution in [2.75, 3.05) is 6.54 Å². The summed E-state index contributed by atoms with van der Waals surface area (Å²) >= 11 is 0. The van der Waals surface area contributed by atoms with Crippen molar-refractivity contribution < 1.29 is 14.4 Å². The quantitative estimate of drug-likeness (QED) is 0.764. The molecule has 0 unspecified atom stereocenters. The van der Waals surface area contributed by atoms with Crippen LogP contribution in [-0.4, -0.2) is 44.4 Å². The first-order chi connectivity index (χ1) is 10.8. The van der Waals surface area contributed by atoms with Crippen LogP contribution in [0, 0.1) is 5.92 Å². The first kappa shape index (κ1) is 15.5. The van der Waals surface area contributed by atoms with E-state index in [1.165, 1.54) is 4.90 Å². The van der Waals surface area contributed by atoms with E-state index >= 15 is 0 Å². The van der Waals surface area contributed by atoms with Crippen molar-refractivity contribution in [2.45, 2.75) is 38.3 Å². The molecule has 3 rings (SSSR count). The zero-order valence-electron chi connectivity index (χ0n) is 13.5. The maximum Gasteiger partial charge on any atom is 0.325 e. The van der Waals surface area contributed by atoms with Gasteiger partial charge in [0.05, 0.1) is 6.04 Å². The number of imidazole rings is 1. The van der Waals surface area contributed by atoms with Crippen molar-refractivity contribution in [3.05, 3.63) is 18.2 Å². The summed E-state index contributed by atoms with van der Waals surface area (Å²) in [5.41, 5.74) is -1.02. The molecule has 0 aromatic carbocycles. The van der Waals surface area contributed by atoms with Crippen molar-refractivity contribution >= 4 is 17.8 Å². The molecule has 8 heteroatoms. The van der Waals surface area contributed by atoms with Gasteiger partial charge in [0.15, 0.2) is 0 Å². The molecular formula is C15H21N5O3. The maximum absolute atomic E-state index is 12.4. The van der Waals surface area contributed by atoms with E-state index < -0.39 is 17.5 Å². The van der Waals surface area contributed by atoms with Crippen LogP contribution in [0.5, 0.6) is 0 Å². The Kier molecular flexibility index (Phi) is 3.62. The molecule has 1 aromatic heterocycles. The molecule has 0 radical (unpaired) electrons. The van der Waals surface area contributed by atoms with Crippen molar-refractivity contribution in [3.63, 3.8) is 0 Å². The fraction of sp³-hybridized carbons (Fsp3) is 0.600. The van der Waals surface area contributed by atoms with Gasteiger partial charge in [-0.05, 0) is 32.6 Å². The van der Waals surface area contributed by atoms with Crippen LogP contribution in [0.3, 0.4) is 0 Å². The number of hydrogen-bond donors (Lipinski definition) is 2. The molecule has 124 valence electrons. The molecule has 1 aliphatic carbocycles. The van der Waals surface area contributed by atoms with Crippen molar-refractivity contribution in [1.29, 1.82) is 0 Å². The number of nitrogens with one attached hydrogen (secondary N) is 2. The van der Waals surface area contributed by atoms with E-state index in [0.29, 0.717) is 5.92 Å². The Morgan fingerprint density at radius 2 is 2.17 bits per heavy atom. The van der Waals surface area contributed by atoms with Gasteiger partial charge in [-0.2, -0.15) is 0 Å². The van der Waals surface area contributed by atoms with Gasteiger partial charge in [0.25, 0.3) is 5.91 Å². The molecule has 2 aliphatic rings. The summed E-state index contributed by atoms with van der Waals surface area (Å²) < 4.78 is 1.89. The van der Waals surface area contributed by atoms with Crippen LogP contribution in [0.25, 0.3) is 0 Å². The molecule has 2 heterocycles. The first-order valence-corrected chi connectivity index (χ1v) is 7.70. The Morgan fingerprint density at radius 1 is 1.48 bits per heavy atom. The topological polar surface area (TPSA) is 96.3 Å². The Morgan fingerprint density at radius 3 is 2.65 bits per heavy atom. The zero-order valence-corrected chi connectivity index (χ0v) is 13.5. The lowest BCUT2D eigenvalue weighted by atomic mass is 10.0. The number of carbonyl (C=O) groups is 3. The summed E-state index contributed by atoms with van der Waals surface area (Å²) in [5.74, 6) is 0.505. The van der Waals surface area contributed by atoms with Crippen LogP contribution >= 0.6 is 0 Å². The zero-order chi connectivity index (χ0) is 16.8. The number of imide groups is 1. The second kappa shape index (κ2) is 5.36. The third-order valence-electron chi connectivity index (χ3n) is 4.54. The molecule has 4 amide bonds. The number of aromatic nitrogens is 2. The van der Waals surface area contributed by atoms with Crippen LogP contribution in [0.15, 0.2) is 12.4 Å². The number of urea groups is 1. The number of amides is 4. The Labute approximate surface area is 134 Å². The fourth-order valence-corrected chi connectivity index (χ4v) is 2.83. The minimum atomic E-state index is -1.02. The highest BCUT2D eigenvalue weighted by Crippen LogP contribution is 2.40. The van der Waals surface area contributed by atoms with Gasteiger partial charge in [0.1, 0.15) is 17.9 Å². The van der Waals surface area contributed by atoms with Crippen LogP contribution in [0.4, 0.5) is 4.79 Å². The largest absolute Gasteiger partial charge is 0.344 e. The van der Waals surface area contributed by atoms with Crippen LogP contribution in [-0.2, 0) is 16.6 Å². The lowest BCUT2D eigenvalue weighted by molar-refractivity contribution is -0.127. The van der Waals surface area contributed by atoms with E-state index in [1.54, 1.807) is 20.0 Å². The average molecular weight is 319 g/mol. The lowest BCUT2D eigenvalue weighted by Crippen LogP contribution is -2.49. The van der Waals surface area contributed by atoms with E-state index in [1.807, 2.05) is 17.8 Å². The number of nitrogens with zero attached hydrogens (tertiary/aromatic N) is 3. The molecule has 0 spiro atoms. The molecule has 8 nitrogen and oxygen atoms in total. The third-order valence-corrected chi connectivity index (χ3v) is 4.54. The van der Waals surface area contributed by atoms with Crippen molar-refractivity contribution in [1.82, 2.24) is 25.1 Å². The molecule has 1 aliphatic heterocycles. The third kappa shape index (κ3) is 2.80. The fourth-order valence-electron chi connectivity index (χ4n) is 2.83. The number of aryl methyl sites for hydroxylation is 1. The summed E-state index contributed by atoms with van der Waals surface area (Å²) in [6.45, 7) is 3.09.